The molecular weight excluding hydrogens is 292 g/mol. The summed E-state index contributed by atoms with van der Waals surface area (Å²) in [4.78, 5) is 19.4. The number of hydrogen-bond acceptors (Lipinski definition) is 3. The number of carbonyl (C=O) groups is 1. The van der Waals surface area contributed by atoms with Crippen LogP contribution in [0.15, 0.2) is 24.5 Å². The molecule has 1 aromatic heterocycles. The van der Waals surface area contributed by atoms with Crippen LogP contribution in [0.4, 0.5) is 10.2 Å². The Hall–Kier alpha value is -1.72. The van der Waals surface area contributed by atoms with E-state index in [0.717, 1.165) is 6.33 Å². The number of halogens is 3. The summed E-state index contributed by atoms with van der Waals surface area (Å²) in [5, 5.41) is 2.40. The Kier molecular flexibility index (Phi) is 3.97. The number of hydrogen-bond donors (Lipinski definition) is 1. The van der Waals surface area contributed by atoms with Crippen LogP contribution in [0.1, 0.15) is 15.9 Å². The van der Waals surface area contributed by atoms with Crippen molar-refractivity contribution in [3.05, 3.63) is 51.6 Å². The molecule has 1 N–H and O–H groups in total. The minimum Gasteiger partial charge on any atom is -0.305 e. The smallest absolute Gasteiger partial charge is 0.259 e. The van der Waals surface area contributed by atoms with Crippen LogP contribution in [0.3, 0.4) is 0 Å². The first-order valence-corrected chi connectivity index (χ1v) is 5.98. The Morgan fingerprint density at radius 1 is 1.32 bits per heavy atom. The fraction of sp³-hybridized carbons (Fsp3) is 0.0833. The second-order valence-corrected chi connectivity index (χ2v) is 4.45. The van der Waals surface area contributed by atoms with Crippen LogP contribution in [0, 0.1) is 12.7 Å². The first-order valence-electron chi connectivity index (χ1n) is 5.23. The van der Waals surface area contributed by atoms with Crippen LogP contribution >= 0.6 is 23.2 Å². The van der Waals surface area contributed by atoms with Gasteiger partial charge in [-0.3, -0.25) is 4.79 Å². The molecule has 2 aromatic rings. The van der Waals surface area contributed by atoms with Crippen molar-refractivity contribution in [1.82, 2.24) is 9.97 Å². The zero-order valence-corrected chi connectivity index (χ0v) is 11.3. The van der Waals surface area contributed by atoms with Gasteiger partial charge in [-0.25, -0.2) is 14.4 Å². The highest BCUT2D eigenvalue weighted by atomic mass is 35.5. The van der Waals surface area contributed by atoms with Gasteiger partial charge in [0.15, 0.2) is 11.0 Å². The Balaban J connectivity index is 2.31. The van der Waals surface area contributed by atoms with Gasteiger partial charge in [0.05, 0.1) is 5.56 Å². The Bertz CT molecular complexity index is 649. The third-order valence-electron chi connectivity index (χ3n) is 2.42. The fourth-order valence-electron chi connectivity index (χ4n) is 1.43. The molecule has 0 bridgehead atoms. The third kappa shape index (κ3) is 2.83. The molecule has 0 atom stereocenters. The predicted octanol–water partition coefficient (Wildman–Crippen LogP) is 3.48. The van der Waals surface area contributed by atoms with Crippen molar-refractivity contribution in [1.29, 1.82) is 0 Å². The fourth-order valence-corrected chi connectivity index (χ4v) is 1.71. The molecule has 4 nitrogen and oxygen atoms in total. The largest absolute Gasteiger partial charge is 0.305 e. The van der Waals surface area contributed by atoms with E-state index in [-0.39, 0.29) is 21.6 Å². The van der Waals surface area contributed by atoms with E-state index in [4.69, 9.17) is 23.2 Å². The lowest BCUT2D eigenvalue weighted by Gasteiger charge is -2.08. The molecular formula is C12H8Cl2FN3O. The van der Waals surface area contributed by atoms with Crippen LogP contribution in [0.5, 0.6) is 0 Å². The van der Waals surface area contributed by atoms with Crippen molar-refractivity contribution in [3.63, 3.8) is 0 Å². The molecule has 7 heteroatoms. The molecule has 0 aliphatic carbocycles. The summed E-state index contributed by atoms with van der Waals surface area (Å²) in [7, 11) is 0. The molecule has 0 fully saturated rings. The quantitative estimate of drug-likeness (QED) is 0.864. The maximum absolute atomic E-state index is 13.8. The molecule has 2 rings (SSSR count). The molecule has 1 amide bonds. The number of amides is 1. The van der Waals surface area contributed by atoms with Gasteiger partial charge in [0, 0.05) is 0 Å². The van der Waals surface area contributed by atoms with Crippen molar-refractivity contribution in [2.24, 2.45) is 0 Å². The monoisotopic (exact) mass is 299 g/mol. The van der Waals surface area contributed by atoms with E-state index in [0.29, 0.717) is 5.56 Å². The van der Waals surface area contributed by atoms with Crippen LogP contribution < -0.4 is 5.32 Å². The van der Waals surface area contributed by atoms with Crippen LogP contribution in [-0.4, -0.2) is 15.9 Å². The van der Waals surface area contributed by atoms with E-state index in [1.807, 2.05) is 0 Å². The second kappa shape index (κ2) is 5.50. The average molecular weight is 300 g/mol. The minimum absolute atomic E-state index is 0.00516. The lowest BCUT2D eigenvalue weighted by atomic mass is 10.1. The molecule has 1 aromatic carbocycles. The van der Waals surface area contributed by atoms with Crippen molar-refractivity contribution in [3.8, 4) is 0 Å². The molecule has 0 spiro atoms. The van der Waals surface area contributed by atoms with Gasteiger partial charge < -0.3 is 5.32 Å². The summed E-state index contributed by atoms with van der Waals surface area (Å²) in [5.74, 6) is -1.21. The van der Waals surface area contributed by atoms with Gasteiger partial charge in [0.2, 0.25) is 0 Å². The number of nitrogens with one attached hydrogen (secondary N) is 1. The van der Waals surface area contributed by atoms with Gasteiger partial charge in [-0.2, -0.15) is 0 Å². The molecule has 98 valence electrons. The van der Waals surface area contributed by atoms with Crippen LogP contribution in [-0.2, 0) is 0 Å². The first-order chi connectivity index (χ1) is 9.00. The van der Waals surface area contributed by atoms with Gasteiger partial charge in [-0.05, 0) is 18.6 Å². The second-order valence-electron chi connectivity index (χ2n) is 3.72. The zero-order valence-electron chi connectivity index (χ0n) is 9.75. The third-order valence-corrected chi connectivity index (χ3v) is 3.16. The summed E-state index contributed by atoms with van der Waals surface area (Å²) >= 11 is 11.5. The number of anilines is 1. The van der Waals surface area contributed by atoms with E-state index in [9.17, 15) is 9.18 Å². The summed E-state index contributed by atoms with van der Waals surface area (Å²) in [5.41, 5.74) is 0.283. The van der Waals surface area contributed by atoms with E-state index in [2.05, 4.69) is 15.3 Å². The lowest BCUT2D eigenvalue weighted by molar-refractivity contribution is 0.102. The summed E-state index contributed by atoms with van der Waals surface area (Å²) in [6.07, 6.45) is 1.15. The van der Waals surface area contributed by atoms with Crippen molar-refractivity contribution >= 4 is 34.9 Å². The SMILES string of the molecule is Cc1cccc(C(=O)Nc2ncnc(Cl)c2Cl)c1F. The molecule has 0 unspecified atom stereocenters. The van der Waals surface area contributed by atoms with Gasteiger partial charge in [-0.15, -0.1) is 0 Å². The summed E-state index contributed by atoms with van der Waals surface area (Å²) in [6.45, 7) is 1.57. The highest BCUT2D eigenvalue weighted by Crippen LogP contribution is 2.26. The van der Waals surface area contributed by atoms with E-state index < -0.39 is 11.7 Å². The molecule has 1 heterocycles. The Morgan fingerprint density at radius 2 is 2.05 bits per heavy atom. The highest BCUT2D eigenvalue weighted by Gasteiger charge is 2.16. The highest BCUT2D eigenvalue weighted by molar-refractivity contribution is 6.43. The molecule has 0 aliphatic rings. The maximum atomic E-state index is 13.8. The Morgan fingerprint density at radius 3 is 2.79 bits per heavy atom. The van der Waals surface area contributed by atoms with Crippen LogP contribution in [0.25, 0.3) is 0 Å². The Labute approximate surface area is 118 Å². The minimum atomic E-state index is -0.655. The van der Waals surface area contributed by atoms with Crippen molar-refractivity contribution in [2.45, 2.75) is 6.92 Å². The number of aromatic nitrogens is 2. The van der Waals surface area contributed by atoms with Gasteiger partial charge in [0.25, 0.3) is 5.91 Å². The maximum Gasteiger partial charge on any atom is 0.259 e. The normalized spacial score (nSPS) is 10.3. The summed E-state index contributed by atoms with van der Waals surface area (Å²) in [6, 6.07) is 4.52. The molecule has 0 aliphatic heterocycles. The molecule has 19 heavy (non-hydrogen) atoms. The van der Waals surface area contributed by atoms with Crippen molar-refractivity contribution in [2.75, 3.05) is 5.32 Å². The van der Waals surface area contributed by atoms with Gasteiger partial charge in [-0.1, -0.05) is 35.3 Å². The average Bonchev–Trinajstić information content (AvgIpc) is 2.38. The molecule has 0 saturated heterocycles. The molecule has 0 radical (unpaired) electrons. The van der Waals surface area contributed by atoms with Crippen molar-refractivity contribution < 1.29 is 9.18 Å². The van der Waals surface area contributed by atoms with E-state index in [1.54, 1.807) is 19.1 Å². The number of rotatable bonds is 2. The predicted molar refractivity (Wildman–Crippen MR) is 71.1 cm³/mol. The van der Waals surface area contributed by atoms with Gasteiger partial charge >= 0.3 is 0 Å². The lowest BCUT2D eigenvalue weighted by Crippen LogP contribution is -2.15. The standard InChI is InChI=1S/C12H8Cl2FN3O/c1-6-3-2-4-7(9(6)15)12(19)18-11-8(13)10(14)16-5-17-11/h2-5H,1H3,(H,16,17,18,19). The number of carbonyl (C=O) groups excluding carboxylic acids is 1. The summed E-state index contributed by atoms with van der Waals surface area (Å²) < 4.78 is 13.8. The number of nitrogens with zero attached hydrogens (tertiary/aromatic N) is 2. The van der Waals surface area contributed by atoms with E-state index in [1.165, 1.54) is 6.07 Å². The number of aryl methyl sites for hydroxylation is 1. The van der Waals surface area contributed by atoms with Gasteiger partial charge in [0.1, 0.15) is 17.2 Å². The van der Waals surface area contributed by atoms with E-state index >= 15 is 0 Å². The topological polar surface area (TPSA) is 54.9 Å². The molecule has 0 saturated carbocycles. The van der Waals surface area contributed by atoms with Crippen LogP contribution in [0.2, 0.25) is 10.2 Å². The first kappa shape index (κ1) is 13.7. The number of benzene rings is 1. The zero-order chi connectivity index (χ0) is 14.0.